The van der Waals surface area contributed by atoms with Gasteiger partial charge in [-0.2, -0.15) is 0 Å². The number of aliphatic carboxylic acids is 1. The van der Waals surface area contributed by atoms with Crippen molar-refractivity contribution in [2.45, 2.75) is 19.4 Å². The molecule has 1 N–H and O–H groups in total. The Hall–Kier alpha value is -2.94. The Bertz CT molecular complexity index is 802. The third-order valence-corrected chi connectivity index (χ3v) is 4.24. The molecule has 1 aromatic heterocycles. The molecule has 1 saturated heterocycles. The van der Waals surface area contributed by atoms with Gasteiger partial charge < -0.3 is 19.5 Å². The van der Waals surface area contributed by atoms with E-state index in [0.717, 1.165) is 11.4 Å². The number of ether oxygens (including phenoxy) is 2. The maximum Gasteiger partial charge on any atom is 0.306 e. The molecule has 0 saturated carbocycles. The molecule has 1 atom stereocenters. The summed E-state index contributed by atoms with van der Waals surface area (Å²) in [4.78, 5) is 25.2. The van der Waals surface area contributed by atoms with E-state index in [2.05, 4.69) is 10.3 Å². The molecule has 9 nitrogen and oxygen atoms in total. The molecule has 1 unspecified atom stereocenters. The van der Waals surface area contributed by atoms with E-state index in [1.165, 1.54) is 0 Å². The van der Waals surface area contributed by atoms with Crippen LogP contribution in [-0.2, 0) is 9.53 Å². The van der Waals surface area contributed by atoms with Gasteiger partial charge in [-0.3, -0.25) is 9.59 Å². The number of hydrogen-bond donors (Lipinski definition) is 1. The first kappa shape index (κ1) is 17.9. The van der Waals surface area contributed by atoms with E-state index < -0.39 is 12.1 Å². The van der Waals surface area contributed by atoms with Crippen LogP contribution in [-0.4, -0.2) is 69.8 Å². The average Bonchev–Trinajstić information content (AvgIpc) is 3.02. The standard InChI is InChI=1S/C17H20N4O5/c1-11-16(17(24)20-7-8-26-14(10-20)9-15(22)23)18-19-21(11)12-3-5-13(25-2)6-4-12/h3-6,14H,7-10H2,1-2H3,(H,22,23). The number of carbonyl (C=O) groups is 2. The Morgan fingerprint density at radius 2 is 2.08 bits per heavy atom. The van der Waals surface area contributed by atoms with Crippen LogP contribution in [0.5, 0.6) is 5.75 Å². The van der Waals surface area contributed by atoms with Crippen molar-refractivity contribution in [3.8, 4) is 11.4 Å². The average molecular weight is 360 g/mol. The zero-order chi connectivity index (χ0) is 18.7. The highest BCUT2D eigenvalue weighted by Crippen LogP contribution is 2.18. The third-order valence-electron chi connectivity index (χ3n) is 4.24. The normalized spacial score (nSPS) is 17.2. The van der Waals surface area contributed by atoms with Gasteiger partial charge in [0.15, 0.2) is 5.69 Å². The van der Waals surface area contributed by atoms with Crippen molar-refractivity contribution < 1.29 is 24.2 Å². The predicted molar refractivity (Wildman–Crippen MR) is 90.5 cm³/mol. The molecule has 0 radical (unpaired) electrons. The fourth-order valence-electron chi connectivity index (χ4n) is 2.87. The highest BCUT2D eigenvalue weighted by molar-refractivity contribution is 5.93. The van der Waals surface area contributed by atoms with Crippen LogP contribution in [0.4, 0.5) is 0 Å². The SMILES string of the molecule is COc1ccc(-n2nnc(C(=O)N3CCOC(CC(=O)O)C3)c2C)cc1. The number of morpholine rings is 1. The van der Waals surface area contributed by atoms with E-state index in [1.807, 2.05) is 12.1 Å². The van der Waals surface area contributed by atoms with Crippen molar-refractivity contribution in [3.05, 3.63) is 35.7 Å². The lowest BCUT2D eigenvalue weighted by Crippen LogP contribution is -2.46. The van der Waals surface area contributed by atoms with E-state index in [4.69, 9.17) is 14.6 Å². The first-order valence-electron chi connectivity index (χ1n) is 8.19. The van der Waals surface area contributed by atoms with Gasteiger partial charge in [-0.05, 0) is 31.2 Å². The molecule has 0 spiro atoms. The van der Waals surface area contributed by atoms with Crippen LogP contribution < -0.4 is 4.74 Å². The van der Waals surface area contributed by atoms with Gasteiger partial charge in [0.2, 0.25) is 0 Å². The Balaban J connectivity index is 1.78. The summed E-state index contributed by atoms with van der Waals surface area (Å²) in [6.45, 7) is 2.69. The second-order valence-electron chi connectivity index (χ2n) is 5.98. The quantitative estimate of drug-likeness (QED) is 0.844. The third kappa shape index (κ3) is 3.67. The zero-order valence-electron chi connectivity index (χ0n) is 14.6. The summed E-state index contributed by atoms with van der Waals surface area (Å²) in [6, 6.07) is 7.26. The fraction of sp³-hybridized carbons (Fsp3) is 0.412. The van der Waals surface area contributed by atoms with Crippen LogP contribution in [0.1, 0.15) is 22.6 Å². The Morgan fingerprint density at radius 1 is 1.35 bits per heavy atom. The molecule has 1 amide bonds. The van der Waals surface area contributed by atoms with Crippen molar-refractivity contribution in [3.63, 3.8) is 0 Å². The summed E-state index contributed by atoms with van der Waals surface area (Å²) in [5, 5.41) is 17.0. The van der Waals surface area contributed by atoms with E-state index in [1.54, 1.807) is 35.7 Å². The van der Waals surface area contributed by atoms with Gasteiger partial charge in [-0.1, -0.05) is 5.21 Å². The van der Waals surface area contributed by atoms with Gasteiger partial charge in [0.1, 0.15) is 5.75 Å². The Kier molecular flexibility index (Phi) is 5.17. The van der Waals surface area contributed by atoms with Gasteiger partial charge in [0.25, 0.3) is 5.91 Å². The maximum atomic E-state index is 12.8. The van der Waals surface area contributed by atoms with Gasteiger partial charge in [-0.25, -0.2) is 4.68 Å². The van der Waals surface area contributed by atoms with E-state index in [0.29, 0.717) is 18.8 Å². The molecule has 1 aromatic carbocycles. The monoisotopic (exact) mass is 360 g/mol. The number of carbonyl (C=O) groups excluding carboxylic acids is 1. The number of carboxylic acids is 1. The van der Waals surface area contributed by atoms with Crippen molar-refractivity contribution >= 4 is 11.9 Å². The molecule has 1 fully saturated rings. The van der Waals surface area contributed by atoms with Crippen molar-refractivity contribution in [1.82, 2.24) is 19.9 Å². The van der Waals surface area contributed by atoms with Crippen molar-refractivity contribution in [1.29, 1.82) is 0 Å². The second-order valence-corrected chi connectivity index (χ2v) is 5.98. The lowest BCUT2D eigenvalue weighted by molar-refractivity contribution is -0.141. The van der Waals surface area contributed by atoms with Gasteiger partial charge >= 0.3 is 5.97 Å². The molecule has 3 rings (SSSR count). The second kappa shape index (κ2) is 7.52. The largest absolute Gasteiger partial charge is 0.497 e. The highest BCUT2D eigenvalue weighted by Gasteiger charge is 2.29. The molecular formula is C17H20N4O5. The summed E-state index contributed by atoms with van der Waals surface area (Å²) < 4.78 is 12.1. The Morgan fingerprint density at radius 3 is 2.73 bits per heavy atom. The van der Waals surface area contributed by atoms with E-state index in [-0.39, 0.29) is 24.6 Å². The number of rotatable bonds is 5. The number of methoxy groups -OCH3 is 1. The Labute approximate surface area is 150 Å². The fourth-order valence-corrected chi connectivity index (χ4v) is 2.87. The van der Waals surface area contributed by atoms with Gasteiger partial charge in [0.05, 0.1) is 37.6 Å². The number of carboxylic acid groups (broad SMARTS) is 1. The molecule has 1 aliphatic heterocycles. The van der Waals surface area contributed by atoms with Crippen molar-refractivity contribution in [2.75, 3.05) is 26.8 Å². The van der Waals surface area contributed by atoms with Crippen LogP contribution in [0.3, 0.4) is 0 Å². The molecule has 1 aliphatic rings. The first-order valence-corrected chi connectivity index (χ1v) is 8.19. The van der Waals surface area contributed by atoms with Gasteiger partial charge in [0, 0.05) is 13.1 Å². The smallest absolute Gasteiger partial charge is 0.306 e. The topological polar surface area (TPSA) is 107 Å². The maximum absolute atomic E-state index is 12.8. The number of aromatic nitrogens is 3. The summed E-state index contributed by atoms with van der Waals surface area (Å²) in [6.07, 6.45) is -0.650. The minimum Gasteiger partial charge on any atom is -0.497 e. The van der Waals surface area contributed by atoms with Crippen LogP contribution in [0.15, 0.2) is 24.3 Å². The van der Waals surface area contributed by atoms with Crippen LogP contribution >= 0.6 is 0 Å². The number of nitrogens with zero attached hydrogens (tertiary/aromatic N) is 4. The molecule has 2 heterocycles. The van der Waals surface area contributed by atoms with Gasteiger partial charge in [-0.15, -0.1) is 5.10 Å². The molecule has 9 heteroatoms. The van der Waals surface area contributed by atoms with E-state index >= 15 is 0 Å². The van der Waals surface area contributed by atoms with Crippen LogP contribution in [0.25, 0.3) is 5.69 Å². The van der Waals surface area contributed by atoms with Crippen molar-refractivity contribution in [2.24, 2.45) is 0 Å². The number of hydrogen-bond acceptors (Lipinski definition) is 6. The molecular weight excluding hydrogens is 340 g/mol. The molecule has 0 bridgehead atoms. The lowest BCUT2D eigenvalue weighted by atomic mass is 10.2. The lowest BCUT2D eigenvalue weighted by Gasteiger charge is -2.31. The minimum atomic E-state index is -0.953. The predicted octanol–water partition coefficient (Wildman–Crippen LogP) is 0.900. The highest BCUT2D eigenvalue weighted by atomic mass is 16.5. The summed E-state index contributed by atoms with van der Waals surface area (Å²) >= 11 is 0. The van der Waals surface area contributed by atoms with Crippen LogP contribution in [0.2, 0.25) is 0 Å². The molecule has 26 heavy (non-hydrogen) atoms. The number of benzene rings is 1. The summed E-state index contributed by atoms with van der Waals surface area (Å²) in [7, 11) is 1.59. The van der Waals surface area contributed by atoms with E-state index in [9.17, 15) is 9.59 Å². The number of amides is 1. The zero-order valence-corrected chi connectivity index (χ0v) is 14.6. The summed E-state index contributed by atoms with van der Waals surface area (Å²) in [5.74, 6) is -0.507. The molecule has 0 aliphatic carbocycles. The summed E-state index contributed by atoms with van der Waals surface area (Å²) in [5.41, 5.74) is 1.62. The van der Waals surface area contributed by atoms with Crippen LogP contribution in [0, 0.1) is 6.92 Å². The first-order chi connectivity index (χ1) is 12.5. The molecule has 138 valence electrons. The molecule has 2 aromatic rings. The minimum absolute atomic E-state index is 0.138.